The molecular formula is C30H35NO5. The molecule has 1 N–H and O–H groups in total. The van der Waals surface area contributed by atoms with E-state index < -0.39 is 11.9 Å². The normalized spacial score (nSPS) is 15.9. The van der Waals surface area contributed by atoms with Gasteiger partial charge in [0.1, 0.15) is 17.1 Å². The van der Waals surface area contributed by atoms with Gasteiger partial charge in [-0.25, -0.2) is 0 Å². The van der Waals surface area contributed by atoms with E-state index in [4.69, 9.17) is 13.7 Å². The number of ether oxygens (including phenoxy) is 1. The van der Waals surface area contributed by atoms with Crippen molar-refractivity contribution >= 4 is 27.9 Å². The fourth-order valence-corrected chi connectivity index (χ4v) is 5.47. The summed E-state index contributed by atoms with van der Waals surface area (Å²) in [4.78, 5) is 11.7. The van der Waals surface area contributed by atoms with E-state index in [0.29, 0.717) is 19.4 Å². The zero-order valence-corrected chi connectivity index (χ0v) is 21.6. The molecular weight excluding hydrogens is 454 g/mol. The highest BCUT2D eigenvalue weighted by atomic mass is 16.5. The first-order chi connectivity index (χ1) is 17.2. The van der Waals surface area contributed by atoms with Crippen molar-refractivity contribution in [1.29, 1.82) is 0 Å². The molecule has 5 rings (SSSR count). The average Bonchev–Trinajstić information content (AvgIpc) is 3.43. The van der Waals surface area contributed by atoms with Gasteiger partial charge in [-0.15, -0.1) is 0 Å². The smallest absolute Gasteiger partial charge is 0.310 e. The van der Waals surface area contributed by atoms with E-state index in [0.717, 1.165) is 87.9 Å². The molecule has 36 heavy (non-hydrogen) atoms. The van der Waals surface area contributed by atoms with Crippen LogP contribution >= 0.6 is 0 Å². The Labute approximate surface area is 211 Å². The summed E-state index contributed by atoms with van der Waals surface area (Å²) >= 11 is 0. The van der Waals surface area contributed by atoms with Crippen LogP contribution in [-0.2, 0) is 30.5 Å². The fourth-order valence-electron chi connectivity index (χ4n) is 5.47. The van der Waals surface area contributed by atoms with Gasteiger partial charge in [0.05, 0.1) is 18.2 Å². The molecule has 0 amide bonds. The third-order valence-corrected chi connectivity index (χ3v) is 7.07. The molecule has 0 bridgehead atoms. The van der Waals surface area contributed by atoms with Crippen molar-refractivity contribution in [2.45, 2.75) is 78.6 Å². The number of nitrogens with zero attached hydrogens (tertiary/aromatic N) is 1. The van der Waals surface area contributed by atoms with Crippen LogP contribution < -0.4 is 4.74 Å². The van der Waals surface area contributed by atoms with Crippen LogP contribution in [0.2, 0.25) is 0 Å². The number of hydrogen-bond acceptors (Lipinski definition) is 5. The third kappa shape index (κ3) is 4.73. The minimum atomic E-state index is -0.746. The molecule has 190 valence electrons. The Morgan fingerprint density at radius 2 is 2.00 bits per heavy atom. The van der Waals surface area contributed by atoms with E-state index in [9.17, 15) is 9.90 Å². The summed E-state index contributed by atoms with van der Waals surface area (Å²) in [6.07, 6.45) is 5.79. The SMILES string of the molecule is CCCc1c(OCCc2cc3c4c(ccc3o2)C(C(=O)O)CCC4)ccc2c(CC(C)(C)C)noc12. The van der Waals surface area contributed by atoms with Crippen LogP contribution in [0, 0.1) is 5.41 Å². The zero-order valence-electron chi connectivity index (χ0n) is 21.6. The summed E-state index contributed by atoms with van der Waals surface area (Å²) in [6.45, 7) is 9.24. The highest BCUT2D eigenvalue weighted by molar-refractivity contribution is 5.87. The van der Waals surface area contributed by atoms with E-state index >= 15 is 0 Å². The summed E-state index contributed by atoms with van der Waals surface area (Å²) in [7, 11) is 0. The first kappa shape index (κ1) is 24.4. The molecule has 1 aliphatic rings. The van der Waals surface area contributed by atoms with Gasteiger partial charge in [-0.1, -0.05) is 45.3 Å². The maximum atomic E-state index is 11.7. The lowest BCUT2D eigenvalue weighted by Gasteiger charge is -2.22. The van der Waals surface area contributed by atoms with Gasteiger partial charge in [0, 0.05) is 22.8 Å². The van der Waals surface area contributed by atoms with Crippen molar-refractivity contribution < 1.29 is 23.6 Å². The summed E-state index contributed by atoms with van der Waals surface area (Å²) in [6, 6.07) is 10.0. The predicted molar refractivity (Wildman–Crippen MR) is 140 cm³/mol. The third-order valence-electron chi connectivity index (χ3n) is 7.07. The number of aromatic nitrogens is 1. The number of benzene rings is 2. The lowest BCUT2D eigenvalue weighted by molar-refractivity contribution is -0.139. The zero-order chi connectivity index (χ0) is 25.4. The molecule has 1 atom stereocenters. The molecule has 0 saturated carbocycles. The van der Waals surface area contributed by atoms with Crippen LogP contribution in [0.3, 0.4) is 0 Å². The Morgan fingerprint density at radius 3 is 2.75 bits per heavy atom. The van der Waals surface area contributed by atoms with Gasteiger partial charge in [0.2, 0.25) is 0 Å². The standard InChI is InChI=1S/C30H35NO5/c1-5-7-23-26(12-11-22-25(17-30(2,3)4)31-36-28(22)23)34-15-14-18-16-24-19-8-6-9-21(29(32)33)20(19)10-13-27(24)35-18/h10-13,16,21H,5-9,14-15,17H2,1-4H3,(H,32,33). The Bertz CT molecular complexity index is 1400. The predicted octanol–water partition coefficient (Wildman–Crippen LogP) is 7.24. The highest BCUT2D eigenvalue weighted by Gasteiger charge is 2.28. The number of carbonyl (C=O) groups is 1. The monoisotopic (exact) mass is 489 g/mol. The van der Waals surface area contributed by atoms with Gasteiger partial charge in [-0.3, -0.25) is 4.79 Å². The molecule has 0 fully saturated rings. The van der Waals surface area contributed by atoms with Gasteiger partial charge in [-0.2, -0.15) is 0 Å². The van der Waals surface area contributed by atoms with Crippen molar-refractivity contribution in [2.24, 2.45) is 5.41 Å². The van der Waals surface area contributed by atoms with Crippen molar-refractivity contribution in [2.75, 3.05) is 6.61 Å². The second-order valence-electron chi connectivity index (χ2n) is 11.2. The van der Waals surface area contributed by atoms with E-state index in [1.807, 2.05) is 18.2 Å². The van der Waals surface area contributed by atoms with Gasteiger partial charge in [-0.05, 0) is 72.9 Å². The first-order valence-electron chi connectivity index (χ1n) is 13.0. The van der Waals surface area contributed by atoms with Crippen LogP contribution in [-0.4, -0.2) is 22.8 Å². The summed E-state index contributed by atoms with van der Waals surface area (Å²) in [5, 5.41) is 16.1. The quantitative estimate of drug-likeness (QED) is 0.281. The topological polar surface area (TPSA) is 85.7 Å². The Balaban J connectivity index is 1.35. The number of carboxylic acid groups (broad SMARTS) is 1. The molecule has 2 heterocycles. The van der Waals surface area contributed by atoms with Crippen molar-refractivity contribution in [3.63, 3.8) is 0 Å². The lowest BCUT2D eigenvalue weighted by atomic mass is 9.81. The molecule has 0 radical (unpaired) electrons. The number of rotatable bonds is 8. The van der Waals surface area contributed by atoms with E-state index in [1.54, 1.807) is 0 Å². The Morgan fingerprint density at radius 1 is 1.17 bits per heavy atom. The highest BCUT2D eigenvalue weighted by Crippen LogP contribution is 2.38. The average molecular weight is 490 g/mol. The van der Waals surface area contributed by atoms with Crippen molar-refractivity contribution in [1.82, 2.24) is 5.16 Å². The van der Waals surface area contributed by atoms with Gasteiger partial charge < -0.3 is 18.8 Å². The van der Waals surface area contributed by atoms with Crippen molar-refractivity contribution in [3.8, 4) is 5.75 Å². The molecule has 2 aromatic heterocycles. The van der Waals surface area contributed by atoms with E-state index in [-0.39, 0.29) is 5.41 Å². The molecule has 2 aromatic carbocycles. The fraction of sp³-hybridized carbons (Fsp3) is 0.467. The Kier molecular flexibility index (Phi) is 6.54. The molecule has 0 aliphatic heterocycles. The molecule has 6 heteroatoms. The van der Waals surface area contributed by atoms with Crippen LogP contribution in [0.4, 0.5) is 0 Å². The van der Waals surface area contributed by atoms with Gasteiger partial charge >= 0.3 is 5.97 Å². The molecule has 4 aromatic rings. The van der Waals surface area contributed by atoms with Crippen LogP contribution in [0.25, 0.3) is 21.9 Å². The van der Waals surface area contributed by atoms with Crippen LogP contribution in [0.1, 0.15) is 81.0 Å². The number of aliphatic carboxylic acids is 1. The number of aryl methyl sites for hydroxylation is 2. The largest absolute Gasteiger partial charge is 0.493 e. The van der Waals surface area contributed by atoms with Crippen LogP contribution in [0.15, 0.2) is 39.3 Å². The lowest BCUT2D eigenvalue weighted by Crippen LogP contribution is -2.17. The maximum absolute atomic E-state index is 11.7. The second-order valence-corrected chi connectivity index (χ2v) is 11.2. The summed E-state index contributed by atoms with van der Waals surface area (Å²) in [5.74, 6) is 0.512. The number of hydrogen-bond donors (Lipinski definition) is 1. The van der Waals surface area contributed by atoms with Crippen LogP contribution in [0.5, 0.6) is 5.75 Å². The first-order valence-corrected chi connectivity index (χ1v) is 13.0. The number of furan rings is 1. The maximum Gasteiger partial charge on any atom is 0.310 e. The van der Waals surface area contributed by atoms with Gasteiger partial charge in [0.15, 0.2) is 5.58 Å². The van der Waals surface area contributed by atoms with Gasteiger partial charge in [0.25, 0.3) is 0 Å². The second kappa shape index (κ2) is 9.64. The molecule has 6 nitrogen and oxygen atoms in total. The minimum absolute atomic E-state index is 0.129. The summed E-state index contributed by atoms with van der Waals surface area (Å²) < 4.78 is 18.2. The molecule has 1 unspecified atom stereocenters. The number of fused-ring (bicyclic) bond motifs is 4. The molecule has 1 aliphatic carbocycles. The molecule has 0 saturated heterocycles. The van der Waals surface area contributed by atoms with E-state index in [2.05, 4.69) is 45.0 Å². The summed E-state index contributed by atoms with van der Waals surface area (Å²) in [5.41, 5.74) is 5.89. The van der Waals surface area contributed by atoms with E-state index in [1.165, 1.54) is 0 Å². The number of carboxylic acids is 1. The molecule has 0 spiro atoms. The van der Waals surface area contributed by atoms with Crippen molar-refractivity contribution in [3.05, 3.63) is 58.5 Å². The minimum Gasteiger partial charge on any atom is -0.493 e. The Hall–Kier alpha value is -3.28.